The Labute approximate surface area is 192 Å². The predicted molar refractivity (Wildman–Crippen MR) is 124 cm³/mol. The summed E-state index contributed by atoms with van der Waals surface area (Å²) >= 11 is 1.16. The number of pyridine rings is 1. The van der Waals surface area contributed by atoms with Crippen LogP contribution in [-0.4, -0.2) is 46.9 Å². The van der Waals surface area contributed by atoms with Crippen LogP contribution in [0, 0.1) is 5.82 Å². The maximum atomic E-state index is 14.5. The average molecular weight is 466 g/mol. The molecule has 0 spiro atoms. The summed E-state index contributed by atoms with van der Waals surface area (Å²) in [6.45, 7) is 4.54. The first-order valence-electron chi connectivity index (χ1n) is 10.5. The number of hydrogen-bond acceptors (Lipinski definition) is 5. The van der Waals surface area contributed by atoms with E-state index in [0.717, 1.165) is 24.2 Å². The number of likely N-dealkylation sites (tertiary alicyclic amines) is 1. The molecule has 1 atom stereocenters. The van der Waals surface area contributed by atoms with Gasteiger partial charge in [0.2, 0.25) is 5.91 Å². The average Bonchev–Trinajstić information content (AvgIpc) is 3.19. The van der Waals surface area contributed by atoms with E-state index in [4.69, 9.17) is 0 Å². The summed E-state index contributed by atoms with van der Waals surface area (Å²) in [5.41, 5.74) is 0.933. The number of carbonyl (C=O) groups excluding carboxylic acids is 3. The summed E-state index contributed by atoms with van der Waals surface area (Å²) in [6, 6.07) is 6.86. The molecule has 10 heteroatoms. The van der Waals surface area contributed by atoms with Crippen molar-refractivity contribution < 1.29 is 18.8 Å². The maximum absolute atomic E-state index is 14.5. The smallest absolute Gasteiger partial charge is 0.331 e. The van der Waals surface area contributed by atoms with Crippen LogP contribution in [0.5, 0.6) is 0 Å². The molecule has 1 aromatic carbocycles. The molecule has 3 aromatic rings. The van der Waals surface area contributed by atoms with Crippen LogP contribution in [0.3, 0.4) is 0 Å². The molecular formula is C23H20FN5O3S. The largest absolute Gasteiger partial charge is 0.347 e. The third-order valence-corrected chi connectivity index (χ3v) is 6.88. The molecule has 4 heterocycles. The highest BCUT2D eigenvalue weighted by atomic mass is 32.1. The van der Waals surface area contributed by atoms with Crippen LogP contribution in [0.4, 0.5) is 26.2 Å². The zero-order valence-electron chi connectivity index (χ0n) is 17.5. The second-order valence-corrected chi connectivity index (χ2v) is 8.83. The number of amides is 4. The van der Waals surface area contributed by atoms with Crippen molar-refractivity contribution in [3.05, 3.63) is 59.9 Å². The Kier molecular flexibility index (Phi) is 5.29. The van der Waals surface area contributed by atoms with E-state index in [2.05, 4.69) is 22.2 Å². The summed E-state index contributed by atoms with van der Waals surface area (Å²) < 4.78 is 14.5. The normalized spacial score (nSPS) is 17.6. The van der Waals surface area contributed by atoms with Crippen LogP contribution < -0.4 is 15.5 Å². The topological polar surface area (TPSA) is 94.6 Å². The number of anilines is 3. The molecule has 8 nitrogen and oxygen atoms in total. The van der Waals surface area contributed by atoms with Gasteiger partial charge >= 0.3 is 6.03 Å². The van der Waals surface area contributed by atoms with Gasteiger partial charge in [0.25, 0.3) is 5.91 Å². The van der Waals surface area contributed by atoms with Gasteiger partial charge in [0.15, 0.2) is 0 Å². The van der Waals surface area contributed by atoms with Crippen LogP contribution in [0.1, 0.15) is 22.5 Å². The minimum absolute atomic E-state index is 0.111. The van der Waals surface area contributed by atoms with Crippen LogP contribution in [0.15, 0.2) is 49.2 Å². The standard InChI is InChI=1S/C23H20FN5O3S/c1-2-17(30)28-11-5-6-13(12-28)26-21(31)20-19-18-16(9-10-25-22(18)33-20)29(23(32)27-19)15-8-4-3-7-14(15)24/h2-4,7-10,13H,1,5-6,11-12H2,(H,26,31)(H,27,32). The molecule has 0 radical (unpaired) electrons. The molecule has 2 aliphatic heterocycles. The lowest BCUT2D eigenvalue weighted by Gasteiger charge is -2.32. The van der Waals surface area contributed by atoms with E-state index in [-0.39, 0.29) is 23.5 Å². The molecule has 2 N–H and O–H groups in total. The SMILES string of the molecule is C=CC(=O)N1CCCC(NC(=O)c2sc3nccc4c3c2NC(=O)N4c2ccccc2F)C1. The number of carbonyl (C=O) groups is 3. The lowest BCUT2D eigenvalue weighted by Crippen LogP contribution is -2.49. The zero-order valence-corrected chi connectivity index (χ0v) is 18.3. The molecule has 2 aromatic heterocycles. The summed E-state index contributed by atoms with van der Waals surface area (Å²) in [6.07, 6.45) is 4.31. The van der Waals surface area contributed by atoms with Crippen LogP contribution in [0.25, 0.3) is 10.2 Å². The van der Waals surface area contributed by atoms with Gasteiger partial charge in [0.05, 0.1) is 22.4 Å². The molecule has 5 rings (SSSR count). The van der Waals surface area contributed by atoms with Crippen molar-refractivity contribution >= 4 is 56.5 Å². The number of aromatic nitrogens is 1. The van der Waals surface area contributed by atoms with Crippen molar-refractivity contribution in [3.63, 3.8) is 0 Å². The number of urea groups is 1. The van der Waals surface area contributed by atoms with Crippen molar-refractivity contribution in [1.29, 1.82) is 0 Å². The van der Waals surface area contributed by atoms with Crippen molar-refractivity contribution in [3.8, 4) is 0 Å². The molecule has 168 valence electrons. The first-order valence-corrected chi connectivity index (χ1v) is 11.3. The molecule has 4 amide bonds. The van der Waals surface area contributed by atoms with E-state index in [1.165, 1.54) is 29.3 Å². The summed E-state index contributed by atoms with van der Waals surface area (Å²) in [5.74, 6) is -1.05. The lowest BCUT2D eigenvalue weighted by atomic mass is 10.1. The first kappa shape index (κ1) is 21.1. The fourth-order valence-corrected chi connectivity index (χ4v) is 5.31. The third-order valence-electron chi connectivity index (χ3n) is 5.79. The number of nitrogens with zero attached hydrogens (tertiary/aromatic N) is 3. The number of halogens is 1. The summed E-state index contributed by atoms with van der Waals surface area (Å²) in [5, 5.41) is 6.32. The molecule has 0 bridgehead atoms. The van der Waals surface area contributed by atoms with Crippen molar-refractivity contribution in [2.24, 2.45) is 0 Å². The summed E-state index contributed by atoms with van der Waals surface area (Å²) in [7, 11) is 0. The molecule has 1 saturated heterocycles. The van der Waals surface area contributed by atoms with Gasteiger partial charge in [0, 0.05) is 25.3 Å². The van der Waals surface area contributed by atoms with Crippen molar-refractivity contribution in [2.45, 2.75) is 18.9 Å². The number of para-hydroxylation sites is 1. The quantitative estimate of drug-likeness (QED) is 0.569. The molecule has 1 fully saturated rings. The van der Waals surface area contributed by atoms with Gasteiger partial charge in [-0.05, 0) is 37.1 Å². The highest BCUT2D eigenvalue weighted by molar-refractivity contribution is 7.21. The Morgan fingerprint density at radius 1 is 1.27 bits per heavy atom. The highest BCUT2D eigenvalue weighted by Crippen LogP contribution is 2.46. The Morgan fingerprint density at radius 2 is 2.09 bits per heavy atom. The van der Waals surface area contributed by atoms with E-state index in [0.29, 0.717) is 39.6 Å². The van der Waals surface area contributed by atoms with E-state index in [1.54, 1.807) is 23.1 Å². The maximum Gasteiger partial charge on any atom is 0.331 e. The van der Waals surface area contributed by atoms with Crippen molar-refractivity contribution in [1.82, 2.24) is 15.2 Å². The summed E-state index contributed by atoms with van der Waals surface area (Å²) in [4.78, 5) is 46.3. The number of benzene rings is 1. The van der Waals surface area contributed by atoms with E-state index in [9.17, 15) is 18.8 Å². The second kappa shape index (κ2) is 8.28. The Hall–Kier alpha value is -3.79. The number of thiophene rings is 1. The van der Waals surface area contributed by atoms with E-state index < -0.39 is 11.8 Å². The molecule has 1 unspecified atom stereocenters. The van der Waals surface area contributed by atoms with Gasteiger partial charge in [-0.25, -0.2) is 14.2 Å². The van der Waals surface area contributed by atoms with Gasteiger partial charge in [-0.2, -0.15) is 0 Å². The van der Waals surface area contributed by atoms with Crippen LogP contribution in [0.2, 0.25) is 0 Å². The third kappa shape index (κ3) is 3.62. The fraction of sp³-hybridized carbons (Fsp3) is 0.217. The van der Waals surface area contributed by atoms with Crippen LogP contribution in [-0.2, 0) is 4.79 Å². The molecule has 0 aliphatic carbocycles. The molecule has 0 saturated carbocycles. The highest BCUT2D eigenvalue weighted by Gasteiger charge is 2.34. The van der Waals surface area contributed by atoms with Gasteiger partial charge < -0.3 is 15.5 Å². The minimum Gasteiger partial charge on any atom is -0.347 e. The molecular weight excluding hydrogens is 445 g/mol. The number of nitrogens with one attached hydrogen (secondary N) is 2. The second-order valence-electron chi connectivity index (χ2n) is 7.83. The van der Waals surface area contributed by atoms with Gasteiger partial charge in [-0.1, -0.05) is 18.7 Å². The molecule has 33 heavy (non-hydrogen) atoms. The Bertz CT molecular complexity index is 1310. The predicted octanol–water partition coefficient (Wildman–Crippen LogP) is 4.03. The van der Waals surface area contributed by atoms with Gasteiger partial charge in [-0.15, -0.1) is 11.3 Å². The van der Waals surface area contributed by atoms with Crippen LogP contribution >= 0.6 is 11.3 Å². The van der Waals surface area contributed by atoms with Gasteiger partial charge in [-0.3, -0.25) is 14.5 Å². The first-order chi connectivity index (χ1) is 16.0. The van der Waals surface area contributed by atoms with Crippen molar-refractivity contribution in [2.75, 3.05) is 23.3 Å². The zero-order chi connectivity index (χ0) is 23.1. The van der Waals surface area contributed by atoms with E-state index in [1.807, 2.05) is 0 Å². The number of piperidine rings is 1. The molecule has 2 aliphatic rings. The van der Waals surface area contributed by atoms with Gasteiger partial charge in [0.1, 0.15) is 15.5 Å². The Balaban J connectivity index is 1.49. The number of rotatable bonds is 4. The minimum atomic E-state index is -0.562. The number of hydrogen-bond donors (Lipinski definition) is 2. The monoisotopic (exact) mass is 465 g/mol. The van der Waals surface area contributed by atoms with E-state index >= 15 is 0 Å². The lowest BCUT2D eigenvalue weighted by molar-refractivity contribution is -0.127. The Morgan fingerprint density at radius 3 is 2.88 bits per heavy atom. The fourth-order valence-electron chi connectivity index (χ4n) is 4.29.